The van der Waals surface area contributed by atoms with Crippen LogP contribution in [0.15, 0.2) is 89.7 Å². The number of aromatic nitrogens is 4. The lowest BCUT2D eigenvalue weighted by atomic mass is 9.81. The first-order valence-corrected chi connectivity index (χ1v) is 13.4. The second-order valence-corrected chi connectivity index (χ2v) is 10.1. The average molecular weight is 534 g/mol. The third-order valence-electron chi connectivity index (χ3n) is 6.87. The lowest BCUT2D eigenvalue weighted by Crippen LogP contribution is -2.15. The molecule has 0 N–H and O–H groups in total. The number of thiophene rings is 1. The molecule has 0 radical (unpaired) electrons. The van der Waals surface area contributed by atoms with Gasteiger partial charge in [-0.15, -0.1) is 16.4 Å². The number of methoxy groups -OCH3 is 1. The molecule has 0 amide bonds. The van der Waals surface area contributed by atoms with Gasteiger partial charge >= 0.3 is 0 Å². The van der Waals surface area contributed by atoms with Crippen molar-refractivity contribution in [1.29, 1.82) is 0 Å². The van der Waals surface area contributed by atoms with E-state index in [1.54, 1.807) is 29.3 Å². The number of ether oxygens (including phenoxy) is 2. The number of hydrogen-bond acceptors (Lipinski definition) is 8. The lowest BCUT2D eigenvalue weighted by Gasteiger charge is -2.29. The van der Waals surface area contributed by atoms with Gasteiger partial charge in [0, 0.05) is 11.5 Å². The van der Waals surface area contributed by atoms with Crippen molar-refractivity contribution in [1.82, 2.24) is 19.6 Å². The predicted octanol–water partition coefficient (Wildman–Crippen LogP) is 6.57. The maximum absolute atomic E-state index is 6.38. The minimum atomic E-state index is -0.186. The van der Waals surface area contributed by atoms with E-state index in [4.69, 9.17) is 19.3 Å². The molecule has 0 saturated heterocycles. The fourth-order valence-corrected chi connectivity index (χ4v) is 5.72. The van der Waals surface area contributed by atoms with Crippen molar-refractivity contribution in [2.45, 2.75) is 19.4 Å². The summed E-state index contributed by atoms with van der Waals surface area (Å²) in [4.78, 5) is 16.2. The van der Waals surface area contributed by atoms with Crippen molar-refractivity contribution in [3.8, 4) is 17.4 Å². The van der Waals surface area contributed by atoms with E-state index in [1.165, 1.54) is 0 Å². The van der Waals surface area contributed by atoms with Crippen molar-refractivity contribution in [3.63, 3.8) is 0 Å². The van der Waals surface area contributed by atoms with Crippen LogP contribution < -0.4 is 9.47 Å². The molecule has 0 unspecified atom stereocenters. The van der Waals surface area contributed by atoms with Crippen LogP contribution in [0.4, 0.5) is 0 Å². The summed E-state index contributed by atoms with van der Waals surface area (Å²) in [6.45, 7) is 2.05. The quantitative estimate of drug-likeness (QED) is 0.178. The summed E-state index contributed by atoms with van der Waals surface area (Å²) in [6, 6.07) is 24.5. The lowest BCUT2D eigenvalue weighted by molar-refractivity contribution is 0.125. The third-order valence-corrected chi connectivity index (χ3v) is 7.85. The first-order valence-electron chi connectivity index (χ1n) is 12.5. The molecule has 1 atom stereocenters. The molecule has 7 rings (SSSR count). The minimum Gasteiger partial charge on any atom is -0.497 e. The molecule has 3 aromatic carbocycles. The van der Waals surface area contributed by atoms with Gasteiger partial charge in [0.2, 0.25) is 5.88 Å². The van der Waals surface area contributed by atoms with E-state index in [-0.39, 0.29) is 12.5 Å². The van der Waals surface area contributed by atoms with Crippen molar-refractivity contribution < 1.29 is 14.3 Å². The largest absolute Gasteiger partial charge is 0.497 e. The molecule has 1 aliphatic heterocycles. The van der Waals surface area contributed by atoms with Gasteiger partial charge in [-0.25, -0.2) is 14.5 Å². The van der Waals surface area contributed by atoms with Gasteiger partial charge in [-0.3, -0.25) is 0 Å². The van der Waals surface area contributed by atoms with Crippen LogP contribution in [0.2, 0.25) is 0 Å². The van der Waals surface area contributed by atoms with Gasteiger partial charge in [0.25, 0.3) is 0 Å². The Morgan fingerprint density at radius 1 is 1.03 bits per heavy atom. The molecule has 8 nitrogen and oxygen atoms in total. The predicted molar refractivity (Wildman–Crippen MR) is 150 cm³/mol. The minimum absolute atomic E-state index is 0.132. The highest BCUT2D eigenvalue weighted by Gasteiger charge is 2.34. The Morgan fingerprint density at radius 2 is 1.90 bits per heavy atom. The van der Waals surface area contributed by atoms with Crippen molar-refractivity contribution in [2.75, 3.05) is 7.11 Å². The van der Waals surface area contributed by atoms with Gasteiger partial charge in [-0.2, -0.15) is 0 Å². The zero-order chi connectivity index (χ0) is 26.3. The van der Waals surface area contributed by atoms with E-state index < -0.39 is 0 Å². The molecule has 3 aromatic heterocycles. The van der Waals surface area contributed by atoms with Gasteiger partial charge in [-0.05, 0) is 52.9 Å². The number of rotatable bonds is 6. The molecule has 192 valence electrons. The summed E-state index contributed by atoms with van der Waals surface area (Å²) in [5.41, 5.74) is 4.47. The zero-order valence-corrected chi connectivity index (χ0v) is 22.1. The highest BCUT2D eigenvalue weighted by atomic mass is 32.1. The number of fused-ring (bicyclic) bond motifs is 6. The normalized spacial score (nSPS) is 14.6. The molecule has 0 spiro atoms. The van der Waals surface area contributed by atoms with E-state index in [9.17, 15) is 0 Å². The second kappa shape index (κ2) is 9.52. The Kier molecular flexibility index (Phi) is 5.70. The maximum Gasteiger partial charge on any atom is 0.228 e. The van der Waals surface area contributed by atoms with Crippen LogP contribution in [0.3, 0.4) is 0 Å². The van der Waals surface area contributed by atoms with Gasteiger partial charge in [0.1, 0.15) is 17.8 Å². The fraction of sp³-hybridized carbons (Fsp3) is 0.133. The van der Waals surface area contributed by atoms with Gasteiger partial charge in [-0.1, -0.05) is 53.7 Å². The SMILES string of the molecule is COc1ccc([C@H]2c3c(ccc4ccccc34)Oc3ncn4nc(CO/N=C(/C)c5cccs5)nc4c32)cc1. The van der Waals surface area contributed by atoms with E-state index in [1.807, 2.05) is 54.8 Å². The van der Waals surface area contributed by atoms with Crippen LogP contribution in [0, 0.1) is 0 Å². The first kappa shape index (κ1) is 23.4. The van der Waals surface area contributed by atoms with Crippen LogP contribution in [0.25, 0.3) is 16.4 Å². The standard InChI is InChI=1S/C30H23N5O3S/c1-18(24-8-5-15-39-24)34-37-16-25-32-29-28-26(20-9-12-21(36-2)13-10-20)27-22-7-4-3-6-19(22)11-14-23(27)38-30(28)31-17-35(29)33-25/h3-15,17,26H,16H2,1-2H3/b34-18-/t26-/m0/s1. The molecule has 1 aliphatic rings. The number of nitrogens with zero attached hydrogens (tertiary/aromatic N) is 5. The first-order chi connectivity index (χ1) is 19.2. The highest BCUT2D eigenvalue weighted by Crippen LogP contribution is 2.50. The van der Waals surface area contributed by atoms with Crippen LogP contribution >= 0.6 is 11.3 Å². The molecular weight excluding hydrogens is 510 g/mol. The molecular formula is C30H23N5O3S. The number of benzene rings is 3. The van der Waals surface area contributed by atoms with Crippen LogP contribution in [0.1, 0.15) is 40.2 Å². The summed E-state index contributed by atoms with van der Waals surface area (Å²) < 4.78 is 13.5. The number of oxime groups is 1. The highest BCUT2D eigenvalue weighted by molar-refractivity contribution is 7.12. The molecule has 6 aromatic rings. The average Bonchev–Trinajstić information content (AvgIpc) is 3.66. The molecule has 9 heteroatoms. The Hall–Kier alpha value is -4.76. The molecule has 0 aliphatic carbocycles. The van der Waals surface area contributed by atoms with Gasteiger partial charge < -0.3 is 14.3 Å². The van der Waals surface area contributed by atoms with Crippen molar-refractivity contribution >= 4 is 33.5 Å². The van der Waals surface area contributed by atoms with E-state index in [0.29, 0.717) is 17.4 Å². The molecule has 0 fully saturated rings. The van der Waals surface area contributed by atoms with Gasteiger partial charge in [0.15, 0.2) is 18.1 Å². The summed E-state index contributed by atoms with van der Waals surface area (Å²) >= 11 is 1.62. The molecule has 0 bridgehead atoms. The Balaban J connectivity index is 1.35. The second-order valence-electron chi connectivity index (χ2n) is 9.19. The Bertz CT molecular complexity index is 1850. The van der Waals surface area contributed by atoms with Crippen LogP contribution in [-0.4, -0.2) is 32.4 Å². The fourth-order valence-electron chi connectivity index (χ4n) is 5.06. The van der Waals surface area contributed by atoms with E-state index in [2.05, 4.69) is 45.6 Å². The van der Waals surface area contributed by atoms with Crippen molar-refractivity contribution in [3.05, 3.63) is 112 Å². The Labute approximate surface area is 228 Å². The topological polar surface area (TPSA) is 83.1 Å². The summed E-state index contributed by atoms with van der Waals surface area (Å²) in [5.74, 6) is 2.40. The smallest absolute Gasteiger partial charge is 0.228 e. The summed E-state index contributed by atoms with van der Waals surface area (Å²) in [6.07, 6.45) is 1.63. The van der Waals surface area contributed by atoms with E-state index in [0.717, 1.165) is 49.6 Å². The third kappa shape index (κ3) is 4.07. The number of hydrogen-bond donors (Lipinski definition) is 0. The van der Waals surface area contributed by atoms with Crippen LogP contribution in [0.5, 0.6) is 17.4 Å². The summed E-state index contributed by atoms with van der Waals surface area (Å²) in [5, 5.41) is 13.1. The van der Waals surface area contributed by atoms with E-state index >= 15 is 0 Å². The van der Waals surface area contributed by atoms with Crippen LogP contribution in [-0.2, 0) is 11.4 Å². The summed E-state index contributed by atoms with van der Waals surface area (Å²) in [7, 11) is 1.67. The molecule has 39 heavy (non-hydrogen) atoms. The molecule has 4 heterocycles. The van der Waals surface area contributed by atoms with Crippen molar-refractivity contribution in [2.24, 2.45) is 5.16 Å². The van der Waals surface area contributed by atoms with Gasteiger partial charge in [0.05, 0.1) is 23.3 Å². The molecule has 0 saturated carbocycles. The Morgan fingerprint density at radius 3 is 2.72 bits per heavy atom. The maximum atomic E-state index is 6.38. The zero-order valence-electron chi connectivity index (χ0n) is 21.2. The monoisotopic (exact) mass is 533 g/mol.